The third-order valence-corrected chi connectivity index (χ3v) is 5.53. The number of hydrogen-bond acceptors (Lipinski definition) is 5. The van der Waals surface area contributed by atoms with Crippen LogP contribution >= 0.6 is 11.3 Å². The van der Waals surface area contributed by atoms with Crippen molar-refractivity contribution in [1.29, 1.82) is 0 Å². The smallest absolute Gasteiger partial charge is 0.154 e. The van der Waals surface area contributed by atoms with E-state index in [1.54, 1.807) is 17.5 Å². The second kappa shape index (κ2) is 6.86. The zero-order valence-electron chi connectivity index (χ0n) is 13.9. The summed E-state index contributed by atoms with van der Waals surface area (Å²) in [5.41, 5.74) is 1.43. The predicted octanol–water partition coefficient (Wildman–Crippen LogP) is 2.50. The number of rotatable bonds is 5. The van der Waals surface area contributed by atoms with Gasteiger partial charge in [0, 0.05) is 31.9 Å². The first-order valence-electron chi connectivity index (χ1n) is 8.38. The van der Waals surface area contributed by atoms with Crippen molar-refractivity contribution in [2.24, 2.45) is 7.05 Å². The van der Waals surface area contributed by atoms with E-state index in [9.17, 15) is 0 Å². The molecule has 0 atom stereocenters. The van der Waals surface area contributed by atoms with Crippen LogP contribution in [0.2, 0.25) is 0 Å². The normalized spacial score (nSPS) is 16.7. The molecule has 0 N–H and O–H groups in total. The summed E-state index contributed by atoms with van der Waals surface area (Å²) in [6.45, 7) is 4.00. The molecule has 0 aliphatic carbocycles. The van der Waals surface area contributed by atoms with E-state index >= 15 is 0 Å². The fourth-order valence-electron chi connectivity index (χ4n) is 3.40. The first kappa shape index (κ1) is 15.5. The average Bonchev–Trinajstić information content (AvgIpc) is 3.34. The lowest BCUT2D eigenvalue weighted by Gasteiger charge is -2.31. The Bertz CT molecular complexity index is 753. The Labute approximate surface area is 145 Å². The largest absolute Gasteiger partial charge is 0.316 e. The molecule has 0 spiro atoms. The average molecular weight is 342 g/mol. The summed E-state index contributed by atoms with van der Waals surface area (Å²) in [7, 11) is 2.08. The molecular formula is C17H22N6S. The van der Waals surface area contributed by atoms with E-state index in [4.69, 9.17) is 0 Å². The lowest BCUT2D eigenvalue weighted by Crippen LogP contribution is -2.33. The van der Waals surface area contributed by atoms with Crippen LogP contribution in [0.15, 0.2) is 35.3 Å². The molecule has 0 unspecified atom stereocenters. The van der Waals surface area contributed by atoms with Gasteiger partial charge in [-0.15, -0.1) is 10.2 Å². The van der Waals surface area contributed by atoms with Gasteiger partial charge in [-0.3, -0.25) is 9.58 Å². The van der Waals surface area contributed by atoms with Gasteiger partial charge in [-0.1, -0.05) is 0 Å². The molecule has 4 rings (SSSR count). The molecular weight excluding hydrogens is 320 g/mol. The van der Waals surface area contributed by atoms with Gasteiger partial charge in [0.05, 0.1) is 0 Å². The van der Waals surface area contributed by atoms with Gasteiger partial charge in [0.15, 0.2) is 5.82 Å². The molecule has 1 fully saturated rings. The van der Waals surface area contributed by atoms with Crippen molar-refractivity contribution in [3.8, 4) is 0 Å². The monoisotopic (exact) mass is 342 g/mol. The highest BCUT2D eigenvalue weighted by Gasteiger charge is 2.25. The van der Waals surface area contributed by atoms with Gasteiger partial charge >= 0.3 is 0 Å². The summed E-state index contributed by atoms with van der Waals surface area (Å²) in [4.78, 5) is 2.54. The summed E-state index contributed by atoms with van der Waals surface area (Å²) >= 11 is 1.78. The molecule has 0 amide bonds. The van der Waals surface area contributed by atoms with Crippen LogP contribution in [0.4, 0.5) is 0 Å². The Hall–Kier alpha value is -1.99. The van der Waals surface area contributed by atoms with Gasteiger partial charge in [-0.25, -0.2) is 0 Å². The maximum atomic E-state index is 4.48. The van der Waals surface area contributed by atoms with Gasteiger partial charge in [0.1, 0.15) is 12.4 Å². The van der Waals surface area contributed by atoms with Crippen molar-refractivity contribution >= 4 is 11.3 Å². The molecule has 1 aliphatic rings. The minimum Gasteiger partial charge on any atom is -0.316 e. The quantitative estimate of drug-likeness (QED) is 0.715. The third-order valence-electron chi connectivity index (χ3n) is 4.80. The number of aromatic nitrogens is 5. The summed E-state index contributed by atoms with van der Waals surface area (Å²) in [6.07, 6.45) is 6.05. The van der Waals surface area contributed by atoms with Crippen molar-refractivity contribution in [2.45, 2.75) is 31.8 Å². The van der Waals surface area contributed by atoms with Gasteiger partial charge in [0.25, 0.3) is 0 Å². The van der Waals surface area contributed by atoms with E-state index in [1.807, 2.05) is 16.9 Å². The second-order valence-corrected chi connectivity index (χ2v) is 7.20. The third kappa shape index (κ3) is 3.27. The molecule has 3 aromatic heterocycles. The molecule has 0 radical (unpaired) electrons. The van der Waals surface area contributed by atoms with E-state index in [2.05, 4.69) is 48.6 Å². The van der Waals surface area contributed by atoms with Crippen molar-refractivity contribution in [3.05, 3.63) is 52.5 Å². The molecule has 1 saturated heterocycles. The summed E-state index contributed by atoms with van der Waals surface area (Å²) in [5.74, 6) is 2.59. The topological polar surface area (TPSA) is 51.8 Å². The highest BCUT2D eigenvalue weighted by Crippen LogP contribution is 2.27. The van der Waals surface area contributed by atoms with Gasteiger partial charge in [-0.2, -0.15) is 16.4 Å². The van der Waals surface area contributed by atoms with Crippen molar-refractivity contribution in [2.75, 3.05) is 13.1 Å². The Morgan fingerprint density at radius 3 is 2.79 bits per heavy atom. The molecule has 0 aromatic carbocycles. The lowest BCUT2D eigenvalue weighted by atomic mass is 9.95. The number of likely N-dealkylation sites (tertiary alicyclic amines) is 1. The fourth-order valence-corrected chi connectivity index (χ4v) is 4.06. The van der Waals surface area contributed by atoms with Crippen molar-refractivity contribution < 1.29 is 0 Å². The van der Waals surface area contributed by atoms with Crippen LogP contribution in [0.5, 0.6) is 0 Å². The number of hydrogen-bond donors (Lipinski definition) is 0. The molecule has 4 heterocycles. The molecule has 6 nitrogen and oxygen atoms in total. The predicted molar refractivity (Wildman–Crippen MR) is 93.9 cm³/mol. The van der Waals surface area contributed by atoms with E-state index < -0.39 is 0 Å². The molecule has 24 heavy (non-hydrogen) atoms. The fraction of sp³-hybridized carbons (Fsp3) is 0.471. The molecule has 3 aromatic rings. The van der Waals surface area contributed by atoms with E-state index in [0.29, 0.717) is 12.5 Å². The number of piperidine rings is 1. The van der Waals surface area contributed by atoms with Gasteiger partial charge < -0.3 is 4.57 Å². The Morgan fingerprint density at radius 1 is 1.21 bits per heavy atom. The van der Waals surface area contributed by atoms with Crippen LogP contribution in [-0.4, -0.2) is 42.5 Å². The molecule has 1 aliphatic heterocycles. The highest BCUT2D eigenvalue weighted by atomic mass is 32.1. The standard InChI is InChI=1S/C17H22N6S/c1-21-16(12-23-7-2-6-18-23)19-20-17(21)15-3-8-22(9-4-15)11-14-5-10-24-13-14/h2,5-7,10,13,15H,3-4,8-9,11-12H2,1H3. The summed E-state index contributed by atoms with van der Waals surface area (Å²) < 4.78 is 4.04. The van der Waals surface area contributed by atoms with Crippen LogP contribution in [0.3, 0.4) is 0 Å². The van der Waals surface area contributed by atoms with Crippen LogP contribution in [0, 0.1) is 0 Å². The Morgan fingerprint density at radius 2 is 2.08 bits per heavy atom. The van der Waals surface area contributed by atoms with E-state index in [-0.39, 0.29) is 0 Å². The van der Waals surface area contributed by atoms with E-state index in [1.165, 1.54) is 5.56 Å². The maximum absolute atomic E-state index is 4.48. The Balaban J connectivity index is 1.38. The van der Waals surface area contributed by atoms with Crippen LogP contribution < -0.4 is 0 Å². The first-order valence-corrected chi connectivity index (χ1v) is 9.33. The lowest BCUT2D eigenvalue weighted by molar-refractivity contribution is 0.200. The van der Waals surface area contributed by atoms with Crippen LogP contribution in [-0.2, 0) is 20.1 Å². The minimum absolute atomic E-state index is 0.507. The van der Waals surface area contributed by atoms with Gasteiger partial charge in [0.2, 0.25) is 0 Å². The molecule has 0 bridgehead atoms. The van der Waals surface area contributed by atoms with Crippen molar-refractivity contribution in [1.82, 2.24) is 29.4 Å². The maximum Gasteiger partial charge on any atom is 0.154 e. The highest BCUT2D eigenvalue weighted by molar-refractivity contribution is 7.07. The zero-order valence-corrected chi connectivity index (χ0v) is 14.7. The number of thiophene rings is 1. The van der Waals surface area contributed by atoms with E-state index in [0.717, 1.165) is 44.1 Å². The van der Waals surface area contributed by atoms with Crippen LogP contribution in [0.1, 0.15) is 36.0 Å². The van der Waals surface area contributed by atoms with Crippen LogP contribution in [0.25, 0.3) is 0 Å². The number of nitrogens with zero attached hydrogens (tertiary/aromatic N) is 6. The SMILES string of the molecule is Cn1c(Cn2cccn2)nnc1C1CCN(Cc2ccsc2)CC1. The van der Waals surface area contributed by atoms with Gasteiger partial charge in [-0.05, 0) is 54.4 Å². The summed E-state index contributed by atoms with van der Waals surface area (Å²) in [5, 5.41) is 17.5. The molecule has 0 saturated carbocycles. The molecule has 126 valence electrons. The zero-order chi connectivity index (χ0) is 16.4. The summed E-state index contributed by atoms with van der Waals surface area (Å²) in [6, 6.07) is 4.15. The van der Waals surface area contributed by atoms with Crippen molar-refractivity contribution in [3.63, 3.8) is 0 Å². The second-order valence-electron chi connectivity index (χ2n) is 6.42. The Kier molecular flexibility index (Phi) is 4.44. The molecule has 7 heteroatoms. The minimum atomic E-state index is 0.507. The first-order chi connectivity index (χ1) is 11.8.